The summed E-state index contributed by atoms with van der Waals surface area (Å²) >= 11 is 0. The summed E-state index contributed by atoms with van der Waals surface area (Å²) < 4.78 is 26.7. The van der Waals surface area contributed by atoms with Crippen molar-refractivity contribution < 1.29 is 13.3 Å². The zero-order valence-electron chi connectivity index (χ0n) is 14.5. The van der Waals surface area contributed by atoms with Crippen molar-refractivity contribution in [1.82, 2.24) is 4.31 Å². The lowest BCUT2D eigenvalue weighted by molar-refractivity contribution is -0.384. The lowest BCUT2D eigenvalue weighted by atomic mass is 10.1. The van der Waals surface area contributed by atoms with Crippen LogP contribution < -0.4 is 4.90 Å². The van der Waals surface area contributed by atoms with Crippen molar-refractivity contribution in [3.63, 3.8) is 0 Å². The number of nitriles is 1. The van der Waals surface area contributed by atoms with Gasteiger partial charge in [0.25, 0.3) is 5.69 Å². The van der Waals surface area contributed by atoms with Gasteiger partial charge in [0.15, 0.2) is 0 Å². The Morgan fingerprint density at radius 2 is 1.74 bits per heavy atom. The van der Waals surface area contributed by atoms with Crippen LogP contribution in [-0.2, 0) is 15.8 Å². The largest absolute Gasteiger partial charge is 0.363 e. The standard InChI is InChI=1S/C18H18N4O4S/c19-13-16-6-7-17(22(23)24)18(12-16)20-8-10-21(11-9-20)27(25,26)14-15-4-2-1-3-5-15/h1-7,12H,8-11,14H2. The van der Waals surface area contributed by atoms with Crippen LogP contribution in [0.5, 0.6) is 0 Å². The molecule has 2 aromatic carbocycles. The molecule has 1 fully saturated rings. The molecular formula is C18H18N4O4S. The number of nitro groups is 1. The normalized spacial score (nSPS) is 15.3. The van der Waals surface area contributed by atoms with Gasteiger partial charge in [0, 0.05) is 32.2 Å². The minimum absolute atomic E-state index is 0.0715. The quantitative estimate of drug-likeness (QED) is 0.575. The van der Waals surface area contributed by atoms with Gasteiger partial charge in [-0.1, -0.05) is 30.3 Å². The van der Waals surface area contributed by atoms with Gasteiger partial charge in [-0.2, -0.15) is 9.57 Å². The maximum absolute atomic E-state index is 12.6. The Kier molecular flexibility index (Phi) is 5.39. The summed E-state index contributed by atoms with van der Waals surface area (Å²) in [5.74, 6) is -0.0715. The van der Waals surface area contributed by atoms with E-state index < -0.39 is 14.9 Å². The van der Waals surface area contributed by atoms with E-state index in [1.807, 2.05) is 12.1 Å². The zero-order valence-corrected chi connectivity index (χ0v) is 15.3. The van der Waals surface area contributed by atoms with Gasteiger partial charge in [0.2, 0.25) is 10.0 Å². The zero-order chi connectivity index (χ0) is 19.4. The van der Waals surface area contributed by atoms with Crippen LogP contribution in [0.4, 0.5) is 11.4 Å². The molecule has 1 saturated heterocycles. The van der Waals surface area contributed by atoms with Gasteiger partial charge < -0.3 is 4.90 Å². The molecule has 0 aromatic heterocycles. The molecule has 0 spiro atoms. The Bertz CT molecular complexity index is 978. The van der Waals surface area contributed by atoms with E-state index in [2.05, 4.69) is 0 Å². The summed E-state index contributed by atoms with van der Waals surface area (Å²) in [5, 5.41) is 20.3. The maximum atomic E-state index is 12.6. The Morgan fingerprint density at radius 3 is 2.33 bits per heavy atom. The van der Waals surface area contributed by atoms with Crippen LogP contribution in [0.2, 0.25) is 0 Å². The van der Waals surface area contributed by atoms with Crippen molar-refractivity contribution in [1.29, 1.82) is 5.26 Å². The third kappa shape index (κ3) is 4.24. The van der Waals surface area contributed by atoms with Crippen molar-refractivity contribution in [3.8, 4) is 6.07 Å². The lowest BCUT2D eigenvalue weighted by Crippen LogP contribution is -2.49. The molecule has 0 N–H and O–H groups in total. The fourth-order valence-electron chi connectivity index (χ4n) is 3.08. The SMILES string of the molecule is N#Cc1ccc([N+](=O)[O-])c(N2CCN(S(=O)(=O)Cc3ccccc3)CC2)c1. The van der Waals surface area contributed by atoms with Crippen LogP contribution in [0.1, 0.15) is 11.1 Å². The van der Waals surface area contributed by atoms with E-state index in [4.69, 9.17) is 5.26 Å². The molecule has 2 aromatic rings. The molecule has 1 aliphatic heterocycles. The summed E-state index contributed by atoms with van der Waals surface area (Å²) in [6.07, 6.45) is 0. The molecule has 0 aliphatic carbocycles. The first-order valence-corrected chi connectivity index (χ1v) is 9.97. The molecule has 1 aliphatic rings. The first kappa shape index (κ1) is 18.8. The van der Waals surface area contributed by atoms with Crippen molar-refractivity contribution in [2.24, 2.45) is 0 Å². The van der Waals surface area contributed by atoms with Gasteiger partial charge >= 0.3 is 0 Å². The number of hydrogen-bond donors (Lipinski definition) is 0. The van der Waals surface area contributed by atoms with E-state index in [0.29, 0.717) is 24.3 Å². The number of hydrogen-bond acceptors (Lipinski definition) is 6. The number of sulfonamides is 1. The Hall–Kier alpha value is -2.96. The highest BCUT2D eigenvalue weighted by molar-refractivity contribution is 7.88. The second-order valence-electron chi connectivity index (χ2n) is 6.20. The van der Waals surface area contributed by atoms with Gasteiger partial charge in [-0.25, -0.2) is 8.42 Å². The molecule has 0 unspecified atom stereocenters. The Morgan fingerprint density at radius 1 is 1.07 bits per heavy atom. The minimum atomic E-state index is -3.46. The second-order valence-corrected chi connectivity index (χ2v) is 8.17. The van der Waals surface area contributed by atoms with Crippen LogP contribution in [0, 0.1) is 21.4 Å². The molecular weight excluding hydrogens is 368 g/mol. The lowest BCUT2D eigenvalue weighted by Gasteiger charge is -2.35. The van der Waals surface area contributed by atoms with Gasteiger partial charge in [0.05, 0.1) is 22.3 Å². The Labute approximate surface area is 157 Å². The van der Waals surface area contributed by atoms with Crippen molar-refractivity contribution in [2.75, 3.05) is 31.1 Å². The number of benzene rings is 2. The molecule has 0 amide bonds. The molecule has 8 nitrogen and oxygen atoms in total. The fourth-order valence-corrected chi connectivity index (χ4v) is 4.60. The third-order valence-electron chi connectivity index (χ3n) is 4.47. The molecule has 0 radical (unpaired) electrons. The predicted molar refractivity (Wildman–Crippen MR) is 101 cm³/mol. The van der Waals surface area contributed by atoms with Crippen LogP contribution in [0.3, 0.4) is 0 Å². The molecule has 1 heterocycles. The number of piperazine rings is 1. The first-order chi connectivity index (χ1) is 12.9. The van der Waals surface area contributed by atoms with Crippen LogP contribution in [0.25, 0.3) is 0 Å². The molecule has 0 saturated carbocycles. The number of anilines is 1. The smallest absolute Gasteiger partial charge is 0.292 e. The molecule has 0 atom stereocenters. The molecule has 27 heavy (non-hydrogen) atoms. The monoisotopic (exact) mass is 386 g/mol. The van der Waals surface area contributed by atoms with Gasteiger partial charge in [-0.3, -0.25) is 10.1 Å². The van der Waals surface area contributed by atoms with Gasteiger partial charge in [-0.15, -0.1) is 0 Å². The Balaban J connectivity index is 1.74. The molecule has 3 rings (SSSR count). The molecule has 140 valence electrons. The summed E-state index contributed by atoms with van der Waals surface area (Å²) in [6, 6.07) is 15.1. The summed E-state index contributed by atoms with van der Waals surface area (Å²) in [7, 11) is -3.46. The predicted octanol–water partition coefficient (Wildman–Crippen LogP) is 2.12. The minimum Gasteiger partial charge on any atom is -0.363 e. The first-order valence-electron chi connectivity index (χ1n) is 8.36. The van der Waals surface area contributed by atoms with E-state index in [-0.39, 0.29) is 24.5 Å². The summed E-state index contributed by atoms with van der Waals surface area (Å²) in [5.41, 5.74) is 1.31. The van der Waals surface area contributed by atoms with Gasteiger partial charge in [0.1, 0.15) is 5.69 Å². The van der Waals surface area contributed by atoms with Gasteiger partial charge in [-0.05, 0) is 17.7 Å². The van der Waals surface area contributed by atoms with Crippen molar-refractivity contribution in [2.45, 2.75) is 5.75 Å². The van der Waals surface area contributed by atoms with E-state index >= 15 is 0 Å². The molecule has 0 bridgehead atoms. The highest BCUT2D eigenvalue weighted by atomic mass is 32.2. The van der Waals surface area contributed by atoms with Crippen molar-refractivity contribution >= 4 is 21.4 Å². The van der Waals surface area contributed by atoms with Crippen LogP contribution in [0.15, 0.2) is 48.5 Å². The summed E-state index contributed by atoms with van der Waals surface area (Å²) in [4.78, 5) is 12.5. The number of nitro benzene ring substituents is 1. The average Bonchev–Trinajstić information content (AvgIpc) is 2.68. The highest BCUT2D eigenvalue weighted by Crippen LogP contribution is 2.30. The number of nitrogens with zero attached hydrogens (tertiary/aromatic N) is 4. The molecule has 9 heteroatoms. The average molecular weight is 386 g/mol. The van der Waals surface area contributed by atoms with E-state index in [1.54, 1.807) is 29.2 Å². The summed E-state index contributed by atoms with van der Waals surface area (Å²) in [6.45, 7) is 1.12. The maximum Gasteiger partial charge on any atom is 0.292 e. The second kappa shape index (κ2) is 7.73. The third-order valence-corrected chi connectivity index (χ3v) is 6.32. The van der Waals surface area contributed by atoms with E-state index in [9.17, 15) is 18.5 Å². The topological polar surface area (TPSA) is 108 Å². The fraction of sp³-hybridized carbons (Fsp3) is 0.278. The van der Waals surface area contributed by atoms with Crippen LogP contribution >= 0.6 is 0 Å². The van der Waals surface area contributed by atoms with Crippen molar-refractivity contribution in [3.05, 3.63) is 69.8 Å². The van der Waals surface area contributed by atoms with E-state index in [0.717, 1.165) is 5.56 Å². The number of rotatable bonds is 5. The highest BCUT2D eigenvalue weighted by Gasteiger charge is 2.29. The van der Waals surface area contributed by atoms with Crippen LogP contribution in [-0.4, -0.2) is 43.8 Å². The van der Waals surface area contributed by atoms with E-state index in [1.165, 1.54) is 22.5 Å².